The summed E-state index contributed by atoms with van der Waals surface area (Å²) in [6.07, 6.45) is 1.50. The molecule has 2 heterocycles. The van der Waals surface area contributed by atoms with E-state index in [0.717, 1.165) is 11.1 Å². The highest BCUT2D eigenvalue weighted by atomic mass is 19.1. The summed E-state index contributed by atoms with van der Waals surface area (Å²) in [6.45, 7) is 0.0411. The summed E-state index contributed by atoms with van der Waals surface area (Å²) in [4.78, 5) is 17.2. The number of ether oxygens (including phenoxy) is 1. The van der Waals surface area contributed by atoms with E-state index in [9.17, 15) is 9.18 Å². The van der Waals surface area contributed by atoms with Crippen LogP contribution in [-0.2, 0) is 17.9 Å². The van der Waals surface area contributed by atoms with E-state index in [0.29, 0.717) is 22.7 Å². The molecule has 3 N–H and O–H groups in total. The van der Waals surface area contributed by atoms with Crippen LogP contribution in [0, 0.1) is 5.82 Å². The number of benzene rings is 3. The van der Waals surface area contributed by atoms with Crippen LogP contribution in [-0.4, -0.2) is 32.0 Å². The molecule has 0 fully saturated rings. The SMILES string of the molecule is Nc1nonc1-c1nc2ccccc2n1CC(=O)N/N=C\c1ccc(OCc2ccccc2F)cc1. The maximum atomic E-state index is 13.7. The molecule has 0 saturated heterocycles. The number of amides is 1. The number of hydrogen-bond acceptors (Lipinski definition) is 8. The Morgan fingerprint density at radius 3 is 2.64 bits per heavy atom. The third kappa shape index (κ3) is 4.89. The summed E-state index contributed by atoms with van der Waals surface area (Å²) < 4.78 is 25.7. The lowest BCUT2D eigenvalue weighted by Gasteiger charge is -2.07. The lowest BCUT2D eigenvalue weighted by Crippen LogP contribution is -2.23. The molecule has 0 saturated carbocycles. The second-order valence-corrected chi connectivity index (χ2v) is 7.75. The highest BCUT2D eigenvalue weighted by Crippen LogP contribution is 2.26. The van der Waals surface area contributed by atoms with E-state index in [1.807, 2.05) is 24.3 Å². The van der Waals surface area contributed by atoms with Crippen molar-refractivity contribution < 1.29 is 18.6 Å². The quantitative estimate of drug-likeness (QED) is 0.254. The average Bonchev–Trinajstić information content (AvgIpc) is 3.47. The predicted molar refractivity (Wildman–Crippen MR) is 130 cm³/mol. The number of carbonyl (C=O) groups is 1. The fraction of sp³-hybridized carbons (Fsp3) is 0.0800. The number of anilines is 1. The Labute approximate surface area is 204 Å². The van der Waals surface area contributed by atoms with Crippen molar-refractivity contribution >= 4 is 29.0 Å². The van der Waals surface area contributed by atoms with Gasteiger partial charge in [-0.25, -0.2) is 19.4 Å². The molecule has 0 aliphatic carbocycles. The van der Waals surface area contributed by atoms with Gasteiger partial charge in [0.15, 0.2) is 17.3 Å². The van der Waals surface area contributed by atoms with Gasteiger partial charge in [0.2, 0.25) is 0 Å². The molecule has 0 bridgehead atoms. The molecule has 2 aromatic heterocycles. The van der Waals surface area contributed by atoms with Crippen LogP contribution < -0.4 is 15.9 Å². The Morgan fingerprint density at radius 2 is 1.86 bits per heavy atom. The fourth-order valence-corrected chi connectivity index (χ4v) is 3.55. The van der Waals surface area contributed by atoms with Gasteiger partial charge in [-0.05, 0) is 58.3 Å². The summed E-state index contributed by atoms with van der Waals surface area (Å²) in [7, 11) is 0. The van der Waals surface area contributed by atoms with Crippen molar-refractivity contribution in [2.45, 2.75) is 13.2 Å². The molecule has 180 valence electrons. The molecule has 11 heteroatoms. The Kier molecular flexibility index (Phi) is 6.34. The van der Waals surface area contributed by atoms with Crippen LogP contribution in [0.25, 0.3) is 22.6 Å². The summed E-state index contributed by atoms with van der Waals surface area (Å²) in [6, 6.07) is 20.8. The number of halogens is 1. The minimum absolute atomic E-state index is 0.0753. The molecule has 0 spiro atoms. The van der Waals surface area contributed by atoms with Crippen molar-refractivity contribution in [3.8, 4) is 17.3 Å². The lowest BCUT2D eigenvalue weighted by atomic mass is 10.2. The number of rotatable bonds is 8. The minimum atomic E-state index is -0.379. The highest BCUT2D eigenvalue weighted by Gasteiger charge is 2.20. The van der Waals surface area contributed by atoms with Gasteiger partial charge in [0.05, 0.1) is 17.2 Å². The van der Waals surface area contributed by atoms with Gasteiger partial charge in [-0.2, -0.15) is 5.10 Å². The Morgan fingerprint density at radius 1 is 1.08 bits per heavy atom. The average molecular weight is 485 g/mol. The third-order valence-corrected chi connectivity index (χ3v) is 5.32. The zero-order chi connectivity index (χ0) is 24.9. The Bertz CT molecular complexity index is 1540. The number of nitrogens with two attached hydrogens (primary N) is 1. The van der Waals surface area contributed by atoms with Gasteiger partial charge in [-0.1, -0.05) is 30.3 Å². The fourth-order valence-electron chi connectivity index (χ4n) is 3.55. The lowest BCUT2D eigenvalue weighted by molar-refractivity contribution is -0.121. The highest BCUT2D eigenvalue weighted by molar-refractivity contribution is 5.86. The predicted octanol–water partition coefficient (Wildman–Crippen LogP) is 3.54. The largest absolute Gasteiger partial charge is 0.489 e. The van der Waals surface area contributed by atoms with E-state index in [1.165, 1.54) is 12.3 Å². The van der Waals surface area contributed by atoms with E-state index in [-0.39, 0.29) is 36.4 Å². The third-order valence-electron chi connectivity index (χ3n) is 5.32. The van der Waals surface area contributed by atoms with Crippen LogP contribution >= 0.6 is 0 Å². The van der Waals surface area contributed by atoms with Crippen LogP contribution in [0.2, 0.25) is 0 Å². The first-order valence-corrected chi connectivity index (χ1v) is 10.9. The van der Waals surface area contributed by atoms with Gasteiger partial charge in [0.1, 0.15) is 24.7 Å². The number of hydrogen-bond donors (Lipinski definition) is 2. The minimum Gasteiger partial charge on any atom is -0.489 e. The molecule has 3 aromatic carbocycles. The zero-order valence-electron chi connectivity index (χ0n) is 18.8. The molecular weight excluding hydrogens is 465 g/mol. The molecule has 1 amide bonds. The number of para-hydroxylation sites is 2. The molecule has 5 rings (SSSR count). The topological polar surface area (TPSA) is 133 Å². The Balaban J connectivity index is 1.22. The second-order valence-electron chi connectivity index (χ2n) is 7.75. The Hall–Kier alpha value is -5.06. The molecule has 36 heavy (non-hydrogen) atoms. The molecular formula is C25H20FN7O3. The summed E-state index contributed by atoms with van der Waals surface area (Å²) in [5.41, 5.74) is 11.2. The number of fused-ring (bicyclic) bond motifs is 1. The first-order chi connectivity index (χ1) is 17.6. The van der Waals surface area contributed by atoms with Crippen molar-refractivity contribution in [3.05, 3.63) is 89.7 Å². The summed E-state index contributed by atoms with van der Waals surface area (Å²) in [5, 5.41) is 11.4. The zero-order valence-corrected chi connectivity index (χ0v) is 18.8. The maximum absolute atomic E-state index is 13.7. The number of aromatic nitrogens is 4. The molecule has 0 unspecified atom stereocenters. The van der Waals surface area contributed by atoms with Gasteiger partial charge in [-0.15, -0.1) is 0 Å². The van der Waals surface area contributed by atoms with E-state index in [2.05, 4.69) is 25.8 Å². The van der Waals surface area contributed by atoms with E-state index >= 15 is 0 Å². The second kappa shape index (κ2) is 10.1. The van der Waals surface area contributed by atoms with E-state index in [1.54, 1.807) is 47.0 Å². The number of nitrogen functional groups attached to an aromatic ring is 1. The standard InChI is InChI=1S/C25H20FN7O3/c26-19-6-2-1-5-17(19)15-35-18-11-9-16(10-12-18)13-28-30-22(34)14-33-21-8-4-3-7-20(21)29-25(33)23-24(27)32-36-31-23/h1-13H,14-15H2,(H2,27,32)(H,30,34)/b28-13-. The number of nitrogens with one attached hydrogen (secondary N) is 1. The van der Waals surface area contributed by atoms with Crippen molar-refractivity contribution in [2.75, 3.05) is 5.73 Å². The van der Waals surface area contributed by atoms with Gasteiger partial charge in [-0.3, -0.25) is 4.79 Å². The van der Waals surface area contributed by atoms with Crippen molar-refractivity contribution in [3.63, 3.8) is 0 Å². The van der Waals surface area contributed by atoms with Crippen LogP contribution in [0.4, 0.5) is 10.2 Å². The molecule has 0 aliphatic rings. The van der Waals surface area contributed by atoms with E-state index in [4.69, 9.17) is 15.1 Å². The first kappa shape index (κ1) is 22.7. The smallest absolute Gasteiger partial charge is 0.260 e. The van der Waals surface area contributed by atoms with Gasteiger partial charge >= 0.3 is 0 Å². The molecule has 0 aliphatic heterocycles. The number of carbonyl (C=O) groups excluding carboxylic acids is 1. The maximum Gasteiger partial charge on any atom is 0.260 e. The molecule has 5 aromatic rings. The first-order valence-electron chi connectivity index (χ1n) is 10.9. The van der Waals surface area contributed by atoms with Crippen molar-refractivity contribution in [2.24, 2.45) is 5.10 Å². The van der Waals surface area contributed by atoms with Crippen LogP contribution in [0.5, 0.6) is 5.75 Å². The van der Waals surface area contributed by atoms with E-state index < -0.39 is 0 Å². The summed E-state index contributed by atoms with van der Waals surface area (Å²) >= 11 is 0. The van der Waals surface area contributed by atoms with Gasteiger partial charge < -0.3 is 15.0 Å². The van der Waals surface area contributed by atoms with Crippen LogP contribution in [0.1, 0.15) is 11.1 Å². The van der Waals surface area contributed by atoms with Crippen molar-refractivity contribution in [1.82, 2.24) is 25.3 Å². The number of imidazole rings is 1. The van der Waals surface area contributed by atoms with Crippen LogP contribution in [0.15, 0.2) is 82.5 Å². The summed E-state index contributed by atoms with van der Waals surface area (Å²) in [5.74, 6) is 0.330. The number of nitrogens with zero attached hydrogens (tertiary/aromatic N) is 5. The number of hydrazone groups is 1. The van der Waals surface area contributed by atoms with Gasteiger partial charge in [0, 0.05) is 5.56 Å². The normalized spacial score (nSPS) is 11.2. The van der Waals surface area contributed by atoms with Crippen LogP contribution in [0.3, 0.4) is 0 Å². The molecule has 0 radical (unpaired) electrons. The monoisotopic (exact) mass is 485 g/mol. The molecule has 0 atom stereocenters. The van der Waals surface area contributed by atoms with Gasteiger partial charge in [0.25, 0.3) is 5.91 Å². The van der Waals surface area contributed by atoms with Crippen molar-refractivity contribution in [1.29, 1.82) is 0 Å². The molecule has 10 nitrogen and oxygen atoms in total.